The number of fused-ring (bicyclic) bond motifs is 2. The van der Waals surface area contributed by atoms with Gasteiger partial charge in [0.1, 0.15) is 12.1 Å². The van der Waals surface area contributed by atoms with Crippen molar-refractivity contribution in [3.8, 4) is 5.69 Å². The fourth-order valence-corrected chi connectivity index (χ4v) is 3.45. The lowest BCUT2D eigenvalue weighted by molar-refractivity contribution is -0.115. The normalized spacial score (nSPS) is 14.7. The number of imidazole rings is 1. The van der Waals surface area contributed by atoms with E-state index in [0.29, 0.717) is 6.42 Å². The van der Waals surface area contributed by atoms with E-state index in [-0.39, 0.29) is 11.8 Å². The Hall–Kier alpha value is -2.70. The van der Waals surface area contributed by atoms with Crippen molar-refractivity contribution in [3.05, 3.63) is 53.3 Å². The third kappa shape index (κ3) is 2.67. The molecule has 3 aromatic rings. The van der Waals surface area contributed by atoms with Crippen molar-refractivity contribution in [2.45, 2.75) is 32.4 Å². The number of benzene rings is 2. The average Bonchev–Trinajstić information content (AvgIpc) is 3.19. The van der Waals surface area contributed by atoms with Gasteiger partial charge in [-0.05, 0) is 42.4 Å². The molecule has 6 heteroatoms. The van der Waals surface area contributed by atoms with E-state index in [2.05, 4.69) is 29.0 Å². The maximum atomic E-state index is 11.7. The van der Waals surface area contributed by atoms with Crippen LogP contribution >= 0.6 is 0 Å². The zero-order valence-electron chi connectivity index (χ0n) is 15.1. The second kappa shape index (κ2) is 6.23. The summed E-state index contributed by atoms with van der Waals surface area (Å²) in [5.41, 5.74) is 5.45. The average molecular weight is 350 g/mol. The van der Waals surface area contributed by atoms with Crippen LogP contribution in [0.4, 0.5) is 5.69 Å². The van der Waals surface area contributed by atoms with Crippen molar-refractivity contribution in [2.75, 3.05) is 12.4 Å². The highest BCUT2D eigenvalue weighted by atomic mass is 16.3. The maximum Gasteiger partial charge on any atom is 0.228 e. The van der Waals surface area contributed by atoms with Gasteiger partial charge in [-0.1, -0.05) is 26.0 Å². The SMILES string of the molecule is CNC(O)c1ccc2c(c1)nc(C(C)C)n2-c1ccc2c(c1)NC(=O)C2. The Morgan fingerprint density at radius 3 is 2.77 bits per heavy atom. The molecule has 1 atom stereocenters. The number of carbonyl (C=O) groups is 1. The minimum Gasteiger partial charge on any atom is -0.374 e. The number of aromatic nitrogens is 2. The highest BCUT2D eigenvalue weighted by Crippen LogP contribution is 2.31. The summed E-state index contributed by atoms with van der Waals surface area (Å²) in [5, 5.41) is 15.8. The molecule has 2 heterocycles. The smallest absolute Gasteiger partial charge is 0.228 e. The molecular formula is C20H22N4O2. The molecule has 1 aromatic heterocycles. The van der Waals surface area contributed by atoms with Gasteiger partial charge in [-0.3, -0.25) is 14.7 Å². The molecule has 0 saturated carbocycles. The molecule has 134 valence electrons. The molecule has 1 amide bonds. The summed E-state index contributed by atoms with van der Waals surface area (Å²) in [6, 6.07) is 11.8. The van der Waals surface area contributed by atoms with Crippen molar-refractivity contribution < 1.29 is 9.90 Å². The minimum absolute atomic E-state index is 0.0300. The van der Waals surface area contributed by atoms with Gasteiger partial charge in [-0.25, -0.2) is 4.98 Å². The van der Waals surface area contributed by atoms with Crippen LogP contribution in [-0.2, 0) is 11.2 Å². The Kier molecular flexibility index (Phi) is 4.01. The van der Waals surface area contributed by atoms with Gasteiger partial charge in [0.05, 0.1) is 17.5 Å². The van der Waals surface area contributed by atoms with E-state index < -0.39 is 6.23 Å². The van der Waals surface area contributed by atoms with Gasteiger partial charge in [-0.15, -0.1) is 0 Å². The van der Waals surface area contributed by atoms with Gasteiger partial charge in [0.25, 0.3) is 0 Å². The topological polar surface area (TPSA) is 79.2 Å². The lowest BCUT2D eigenvalue weighted by Crippen LogP contribution is -2.14. The van der Waals surface area contributed by atoms with Gasteiger partial charge in [0, 0.05) is 17.3 Å². The van der Waals surface area contributed by atoms with E-state index in [9.17, 15) is 9.90 Å². The summed E-state index contributed by atoms with van der Waals surface area (Å²) in [7, 11) is 1.71. The molecule has 0 radical (unpaired) electrons. The van der Waals surface area contributed by atoms with Crippen LogP contribution in [0.15, 0.2) is 36.4 Å². The Labute approximate surface area is 151 Å². The van der Waals surface area contributed by atoms with E-state index in [1.807, 2.05) is 36.4 Å². The number of carbonyl (C=O) groups excluding carboxylic acids is 1. The fourth-order valence-electron chi connectivity index (χ4n) is 3.45. The largest absolute Gasteiger partial charge is 0.374 e. The van der Waals surface area contributed by atoms with Gasteiger partial charge < -0.3 is 10.4 Å². The molecule has 1 aliphatic heterocycles. The molecule has 0 aliphatic carbocycles. The van der Waals surface area contributed by atoms with Crippen LogP contribution in [0.5, 0.6) is 0 Å². The maximum absolute atomic E-state index is 11.7. The molecule has 26 heavy (non-hydrogen) atoms. The molecule has 2 aromatic carbocycles. The van der Waals surface area contributed by atoms with E-state index in [1.54, 1.807) is 7.05 Å². The fraction of sp³-hybridized carbons (Fsp3) is 0.300. The monoisotopic (exact) mass is 350 g/mol. The summed E-state index contributed by atoms with van der Waals surface area (Å²) < 4.78 is 2.13. The summed E-state index contributed by atoms with van der Waals surface area (Å²) in [4.78, 5) is 16.5. The van der Waals surface area contributed by atoms with Crippen molar-refractivity contribution in [1.82, 2.24) is 14.9 Å². The molecule has 0 fully saturated rings. The van der Waals surface area contributed by atoms with Gasteiger partial charge in [0.15, 0.2) is 0 Å². The predicted molar refractivity (Wildman–Crippen MR) is 102 cm³/mol. The van der Waals surface area contributed by atoms with Crippen LogP contribution in [0.2, 0.25) is 0 Å². The molecule has 0 spiro atoms. The zero-order valence-corrected chi connectivity index (χ0v) is 15.1. The van der Waals surface area contributed by atoms with E-state index >= 15 is 0 Å². The number of hydrogen-bond acceptors (Lipinski definition) is 4. The van der Waals surface area contributed by atoms with Gasteiger partial charge >= 0.3 is 0 Å². The van der Waals surface area contributed by atoms with E-state index in [1.165, 1.54) is 0 Å². The quantitative estimate of drug-likeness (QED) is 0.632. The molecular weight excluding hydrogens is 328 g/mol. The van der Waals surface area contributed by atoms with Crippen LogP contribution in [0, 0.1) is 0 Å². The van der Waals surface area contributed by atoms with E-state index in [4.69, 9.17) is 4.98 Å². The number of rotatable bonds is 4. The molecule has 6 nitrogen and oxygen atoms in total. The number of nitrogens with one attached hydrogen (secondary N) is 2. The Bertz CT molecular complexity index is 1010. The summed E-state index contributed by atoms with van der Waals surface area (Å²) in [6.07, 6.45) is -0.287. The highest BCUT2D eigenvalue weighted by Gasteiger charge is 2.21. The first kappa shape index (κ1) is 16.8. The Morgan fingerprint density at radius 2 is 2.04 bits per heavy atom. The molecule has 0 saturated heterocycles. The lowest BCUT2D eigenvalue weighted by atomic mass is 10.1. The number of amides is 1. The number of anilines is 1. The Morgan fingerprint density at radius 1 is 1.23 bits per heavy atom. The first-order valence-electron chi connectivity index (χ1n) is 8.78. The van der Waals surface area contributed by atoms with Crippen LogP contribution in [0.3, 0.4) is 0 Å². The molecule has 0 bridgehead atoms. The number of hydrogen-bond donors (Lipinski definition) is 3. The van der Waals surface area contributed by atoms with Crippen LogP contribution in [-0.4, -0.2) is 27.6 Å². The second-order valence-electron chi connectivity index (χ2n) is 6.97. The number of nitrogens with zero attached hydrogens (tertiary/aromatic N) is 2. The van der Waals surface area contributed by atoms with Crippen molar-refractivity contribution in [2.24, 2.45) is 0 Å². The third-order valence-electron chi connectivity index (χ3n) is 4.79. The minimum atomic E-state index is -0.720. The second-order valence-corrected chi connectivity index (χ2v) is 6.97. The lowest BCUT2D eigenvalue weighted by Gasteiger charge is -2.13. The molecule has 3 N–H and O–H groups in total. The zero-order chi connectivity index (χ0) is 18.4. The predicted octanol–water partition coefficient (Wildman–Crippen LogP) is 2.85. The first-order chi connectivity index (χ1) is 12.5. The highest BCUT2D eigenvalue weighted by molar-refractivity contribution is 5.99. The number of aliphatic hydroxyl groups is 1. The standard InChI is InChI=1S/C20H22N4O2/c1-11(2)19-23-16-8-13(20(26)21-3)5-7-17(16)24(19)14-6-4-12-9-18(25)22-15(12)10-14/h4-8,10-11,20-21,26H,9H2,1-3H3,(H,22,25). The van der Waals surface area contributed by atoms with Crippen molar-refractivity contribution >= 4 is 22.6 Å². The summed E-state index contributed by atoms with van der Waals surface area (Å²) >= 11 is 0. The van der Waals surface area contributed by atoms with Crippen LogP contribution in [0.1, 0.15) is 42.9 Å². The van der Waals surface area contributed by atoms with Crippen LogP contribution < -0.4 is 10.6 Å². The summed E-state index contributed by atoms with van der Waals surface area (Å²) in [6.45, 7) is 4.21. The van der Waals surface area contributed by atoms with E-state index in [0.717, 1.165) is 39.4 Å². The van der Waals surface area contributed by atoms with Crippen LogP contribution in [0.25, 0.3) is 16.7 Å². The molecule has 1 unspecified atom stereocenters. The van der Waals surface area contributed by atoms with Gasteiger partial charge in [0.2, 0.25) is 5.91 Å². The molecule has 4 rings (SSSR count). The Balaban J connectivity index is 1.90. The van der Waals surface area contributed by atoms with Crippen molar-refractivity contribution in [1.29, 1.82) is 0 Å². The first-order valence-corrected chi connectivity index (χ1v) is 8.78. The summed E-state index contributed by atoms with van der Waals surface area (Å²) in [5.74, 6) is 1.20. The van der Waals surface area contributed by atoms with Crippen molar-refractivity contribution in [3.63, 3.8) is 0 Å². The third-order valence-corrected chi connectivity index (χ3v) is 4.79. The molecule has 1 aliphatic rings. The van der Waals surface area contributed by atoms with Gasteiger partial charge in [-0.2, -0.15) is 0 Å². The number of aliphatic hydroxyl groups excluding tert-OH is 1.